The number of aromatic nitrogens is 2. The van der Waals surface area contributed by atoms with E-state index < -0.39 is 10.0 Å². The quantitative estimate of drug-likeness (QED) is 0.485. The minimum Gasteiger partial charge on any atom is -0.352 e. The van der Waals surface area contributed by atoms with E-state index in [0.717, 1.165) is 36.3 Å². The molecule has 1 aromatic heterocycles. The van der Waals surface area contributed by atoms with Gasteiger partial charge in [0.15, 0.2) is 0 Å². The summed E-state index contributed by atoms with van der Waals surface area (Å²) in [5.41, 5.74) is 2.85. The Morgan fingerprint density at radius 1 is 1.18 bits per heavy atom. The zero-order valence-electron chi connectivity index (χ0n) is 19.6. The summed E-state index contributed by atoms with van der Waals surface area (Å²) < 4.78 is 41.7. The predicted octanol–water partition coefficient (Wildman–Crippen LogP) is 3.78. The number of carbonyl (C=O) groups is 1. The molecular weight excluding hydrogens is 443 g/mol. The largest absolute Gasteiger partial charge is 0.352 e. The summed E-state index contributed by atoms with van der Waals surface area (Å²) in [6, 6.07) is 9.76. The maximum Gasteiger partial charge on any atom is 0.242 e. The standard InChI is InChI=1S/C24H31FN4O3S/c1-5-6-13-29-22-10-8-19(33(31,32)28(3)4)15-21(22)27-23(29)11-12-24(30)26-16-18-7-9-20(25)17(2)14-18/h7-10,14-15H,5-6,11-13,16H2,1-4H3,(H,26,30). The van der Waals surface area contributed by atoms with Gasteiger partial charge in [-0.1, -0.05) is 25.5 Å². The van der Waals surface area contributed by atoms with Crippen molar-refractivity contribution in [2.75, 3.05) is 14.1 Å². The lowest BCUT2D eigenvalue weighted by Crippen LogP contribution is -2.23. The van der Waals surface area contributed by atoms with Crippen LogP contribution in [-0.2, 0) is 34.3 Å². The van der Waals surface area contributed by atoms with E-state index in [9.17, 15) is 17.6 Å². The zero-order valence-corrected chi connectivity index (χ0v) is 20.4. The van der Waals surface area contributed by atoms with E-state index in [1.165, 1.54) is 24.5 Å². The Labute approximate surface area is 194 Å². The van der Waals surface area contributed by atoms with Crippen LogP contribution in [-0.4, -0.2) is 42.3 Å². The van der Waals surface area contributed by atoms with Gasteiger partial charge in [-0.3, -0.25) is 4.79 Å². The number of nitrogens with one attached hydrogen (secondary N) is 1. The molecule has 0 spiro atoms. The molecule has 3 aromatic rings. The molecule has 1 amide bonds. The summed E-state index contributed by atoms with van der Waals surface area (Å²) >= 11 is 0. The Morgan fingerprint density at radius 3 is 2.61 bits per heavy atom. The number of benzene rings is 2. The first-order valence-corrected chi connectivity index (χ1v) is 12.5. The van der Waals surface area contributed by atoms with Crippen LogP contribution in [0.2, 0.25) is 0 Å². The van der Waals surface area contributed by atoms with Crippen molar-refractivity contribution in [2.24, 2.45) is 0 Å². The molecule has 0 aliphatic rings. The average molecular weight is 475 g/mol. The van der Waals surface area contributed by atoms with Crippen LogP contribution in [0.3, 0.4) is 0 Å². The Hall–Kier alpha value is -2.78. The van der Waals surface area contributed by atoms with E-state index in [1.54, 1.807) is 37.3 Å². The summed E-state index contributed by atoms with van der Waals surface area (Å²) in [5, 5.41) is 2.87. The Morgan fingerprint density at radius 2 is 1.94 bits per heavy atom. The van der Waals surface area contributed by atoms with Crippen LogP contribution in [0.15, 0.2) is 41.3 Å². The van der Waals surface area contributed by atoms with Gasteiger partial charge in [0, 0.05) is 40.0 Å². The fourth-order valence-corrected chi connectivity index (χ4v) is 4.54. The molecular formula is C24H31FN4O3S. The maximum atomic E-state index is 13.4. The topological polar surface area (TPSA) is 84.3 Å². The molecule has 0 saturated heterocycles. The molecule has 0 saturated carbocycles. The van der Waals surface area contributed by atoms with E-state index in [-0.39, 0.29) is 23.0 Å². The number of carbonyl (C=O) groups excluding carboxylic acids is 1. The first-order valence-electron chi connectivity index (χ1n) is 11.1. The predicted molar refractivity (Wildman–Crippen MR) is 127 cm³/mol. The molecule has 7 nitrogen and oxygen atoms in total. The lowest BCUT2D eigenvalue weighted by Gasteiger charge is -2.11. The minimum atomic E-state index is -3.56. The third kappa shape index (κ3) is 5.78. The van der Waals surface area contributed by atoms with Crippen LogP contribution >= 0.6 is 0 Å². The van der Waals surface area contributed by atoms with Gasteiger partial charge in [-0.15, -0.1) is 0 Å². The summed E-state index contributed by atoms with van der Waals surface area (Å²) in [4.78, 5) is 17.3. The van der Waals surface area contributed by atoms with E-state index in [0.29, 0.717) is 24.0 Å². The van der Waals surface area contributed by atoms with Crippen molar-refractivity contribution in [2.45, 2.75) is 57.5 Å². The second-order valence-electron chi connectivity index (χ2n) is 8.33. The molecule has 0 aliphatic carbocycles. The van der Waals surface area contributed by atoms with Gasteiger partial charge in [-0.05, 0) is 48.7 Å². The normalized spacial score (nSPS) is 11.9. The third-order valence-electron chi connectivity index (χ3n) is 5.60. The van der Waals surface area contributed by atoms with Crippen LogP contribution in [0.25, 0.3) is 11.0 Å². The number of nitrogens with zero attached hydrogens (tertiary/aromatic N) is 3. The van der Waals surface area contributed by atoms with Gasteiger partial charge in [0.1, 0.15) is 11.6 Å². The lowest BCUT2D eigenvalue weighted by molar-refractivity contribution is -0.121. The van der Waals surface area contributed by atoms with Crippen molar-refractivity contribution in [3.63, 3.8) is 0 Å². The lowest BCUT2D eigenvalue weighted by atomic mass is 10.1. The number of amides is 1. The third-order valence-corrected chi connectivity index (χ3v) is 7.41. The summed E-state index contributed by atoms with van der Waals surface area (Å²) in [6.45, 7) is 4.87. The van der Waals surface area contributed by atoms with Crippen molar-refractivity contribution >= 4 is 27.0 Å². The highest BCUT2D eigenvalue weighted by atomic mass is 32.2. The summed E-state index contributed by atoms with van der Waals surface area (Å²) in [6.07, 6.45) is 2.64. The fourth-order valence-electron chi connectivity index (χ4n) is 3.62. The molecule has 1 N–H and O–H groups in total. The highest BCUT2D eigenvalue weighted by molar-refractivity contribution is 7.89. The average Bonchev–Trinajstić information content (AvgIpc) is 3.13. The maximum absolute atomic E-state index is 13.4. The van der Waals surface area contributed by atoms with E-state index in [2.05, 4.69) is 21.8 Å². The number of aryl methyl sites for hydroxylation is 3. The molecule has 178 valence electrons. The molecule has 0 aliphatic heterocycles. The highest BCUT2D eigenvalue weighted by Crippen LogP contribution is 2.23. The number of rotatable bonds is 10. The first kappa shape index (κ1) is 24.9. The Bertz CT molecular complexity index is 1250. The molecule has 33 heavy (non-hydrogen) atoms. The molecule has 0 bridgehead atoms. The zero-order chi connectivity index (χ0) is 24.2. The number of sulfonamides is 1. The van der Waals surface area contributed by atoms with Gasteiger partial charge in [0.25, 0.3) is 0 Å². The number of hydrogen-bond donors (Lipinski definition) is 1. The Kier molecular flexibility index (Phi) is 7.86. The monoisotopic (exact) mass is 474 g/mol. The van der Waals surface area contributed by atoms with Crippen molar-refractivity contribution in [1.29, 1.82) is 0 Å². The number of unbranched alkanes of at least 4 members (excludes halogenated alkanes) is 1. The van der Waals surface area contributed by atoms with Gasteiger partial charge in [-0.2, -0.15) is 0 Å². The van der Waals surface area contributed by atoms with Gasteiger partial charge in [-0.25, -0.2) is 22.1 Å². The Balaban J connectivity index is 1.76. The number of halogens is 1. The second kappa shape index (κ2) is 10.4. The van der Waals surface area contributed by atoms with Crippen molar-refractivity contribution in [3.05, 3.63) is 59.2 Å². The van der Waals surface area contributed by atoms with Crippen LogP contribution in [0.4, 0.5) is 4.39 Å². The molecule has 2 aromatic carbocycles. The van der Waals surface area contributed by atoms with Crippen LogP contribution in [0, 0.1) is 12.7 Å². The number of fused-ring (bicyclic) bond motifs is 1. The van der Waals surface area contributed by atoms with E-state index >= 15 is 0 Å². The first-order chi connectivity index (χ1) is 15.6. The molecule has 1 heterocycles. The van der Waals surface area contributed by atoms with Crippen molar-refractivity contribution in [3.8, 4) is 0 Å². The second-order valence-corrected chi connectivity index (χ2v) is 10.5. The molecule has 0 atom stereocenters. The van der Waals surface area contributed by atoms with Gasteiger partial charge in [0.05, 0.1) is 15.9 Å². The number of imidazole rings is 1. The molecule has 0 radical (unpaired) electrons. The summed E-state index contributed by atoms with van der Waals surface area (Å²) in [7, 11) is -0.564. The molecule has 9 heteroatoms. The summed E-state index contributed by atoms with van der Waals surface area (Å²) in [5.74, 6) is 0.366. The molecule has 0 fully saturated rings. The van der Waals surface area contributed by atoms with Crippen LogP contribution in [0.5, 0.6) is 0 Å². The van der Waals surface area contributed by atoms with Crippen LogP contribution in [0.1, 0.15) is 43.1 Å². The highest BCUT2D eigenvalue weighted by Gasteiger charge is 2.20. The minimum absolute atomic E-state index is 0.123. The smallest absolute Gasteiger partial charge is 0.242 e. The molecule has 0 unspecified atom stereocenters. The van der Waals surface area contributed by atoms with E-state index in [1.807, 2.05) is 0 Å². The van der Waals surface area contributed by atoms with Gasteiger partial charge < -0.3 is 9.88 Å². The fraction of sp³-hybridized carbons (Fsp3) is 0.417. The van der Waals surface area contributed by atoms with Gasteiger partial charge >= 0.3 is 0 Å². The SMILES string of the molecule is CCCCn1c(CCC(=O)NCc2ccc(F)c(C)c2)nc2cc(S(=O)(=O)N(C)C)ccc21. The van der Waals surface area contributed by atoms with Gasteiger partial charge in [0.2, 0.25) is 15.9 Å². The van der Waals surface area contributed by atoms with Crippen LogP contribution < -0.4 is 5.32 Å². The van der Waals surface area contributed by atoms with Crippen molar-refractivity contribution < 1.29 is 17.6 Å². The molecule has 3 rings (SSSR count). The van der Waals surface area contributed by atoms with E-state index in [4.69, 9.17) is 0 Å². The van der Waals surface area contributed by atoms with Crippen molar-refractivity contribution in [1.82, 2.24) is 19.2 Å². The number of hydrogen-bond acceptors (Lipinski definition) is 4.